The number of amides is 1. The van der Waals surface area contributed by atoms with E-state index in [0.29, 0.717) is 13.2 Å². The predicted octanol–water partition coefficient (Wildman–Crippen LogP) is 2.24. The minimum absolute atomic E-state index is 0.0786. The Kier molecular flexibility index (Phi) is 4.45. The van der Waals surface area contributed by atoms with E-state index >= 15 is 0 Å². The molecule has 1 aliphatic heterocycles. The maximum atomic E-state index is 12.1. The highest BCUT2D eigenvalue weighted by molar-refractivity contribution is 5.96. The summed E-state index contributed by atoms with van der Waals surface area (Å²) >= 11 is 0. The first kappa shape index (κ1) is 15.3. The normalized spacial score (nSPS) is 19.0. The lowest BCUT2D eigenvalue weighted by Crippen LogP contribution is -2.38. The van der Waals surface area contributed by atoms with E-state index in [4.69, 9.17) is 4.74 Å². The number of aromatic nitrogens is 1. The van der Waals surface area contributed by atoms with E-state index < -0.39 is 6.04 Å². The average Bonchev–Trinajstić information content (AvgIpc) is 3.20. The summed E-state index contributed by atoms with van der Waals surface area (Å²) in [5, 5.41) is 13.1. The van der Waals surface area contributed by atoms with E-state index in [0.717, 1.165) is 22.9 Å². The zero-order chi connectivity index (χ0) is 16.2. The highest BCUT2D eigenvalue weighted by Gasteiger charge is 2.26. The Labute approximate surface area is 135 Å². The Morgan fingerprint density at radius 2 is 2.35 bits per heavy atom. The Morgan fingerprint density at radius 3 is 3.09 bits per heavy atom. The molecule has 3 rings (SSSR count). The summed E-state index contributed by atoms with van der Waals surface area (Å²) in [5.74, 6) is -0.175. The summed E-state index contributed by atoms with van der Waals surface area (Å²) in [4.78, 5) is 12.1. The van der Waals surface area contributed by atoms with Crippen LogP contribution in [0.1, 0.15) is 12.0 Å². The number of carbonyl (C=O) groups excluding carboxylic acids is 1. The first-order chi connectivity index (χ1) is 11.2. The van der Waals surface area contributed by atoms with Crippen molar-refractivity contribution in [3.63, 3.8) is 0 Å². The van der Waals surface area contributed by atoms with Crippen molar-refractivity contribution in [2.75, 3.05) is 13.2 Å². The van der Waals surface area contributed by atoms with Crippen LogP contribution >= 0.6 is 0 Å². The number of nitrogens with one attached hydrogen (secondary N) is 1. The smallest absolute Gasteiger partial charge is 0.245 e. The molecule has 0 spiro atoms. The molecule has 2 atom stereocenters. The van der Waals surface area contributed by atoms with E-state index in [1.807, 2.05) is 42.1 Å². The van der Waals surface area contributed by atoms with Gasteiger partial charge in [-0.3, -0.25) is 4.79 Å². The number of rotatable bonds is 4. The number of aryl methyl sites for hydroxylation is 1. The molecule has 23 heavy (non-hydrogen) atoms. The van der Waals surface area contributed by atoms with Gasteiger partial charge in [0.1, 0.15) is 6.04 Å². The third kappa shape index (κ3) is 3.27. The largest absolute Gasteiger partial charge is 0.381 e. The second-order valence-corrected chi connectivity index (χ2v) is 5.78. The fraction of sp³-hybridized carbons (Fsp3) is 0.333. The van der Waals surface area contributed by atoms with Gasteiger partial charge in [-0.25, -0.2) is 0 Å². The Bertz CT molecular complexity index is 779. The fourth-order valence-electron chi connectivity index (χ4n) is 2.94. The second-order valence-electron chi connectivity index (χ2n) is 5.78. The number of benzene rings is 1. The number of nitrogens with zero attached hydrogens (tertiary/aromatic N) is 2. The third-order valence-corrected chi connectivity index (χ3v) is 4.22. The van der Waals surface area contributed by atoms with Gasteiger partial charge in [-0.05, 0) is 18.6 Å². The number of carbonyl (C=O) groups is 1. The van der Waals surface area contributed by atoms with E-state index in [2.05, 4.69) is 11.4 Å². The van der Waals surface area contributed by atoms with Crippen LogP contribution in [0.25, 0.3) is 17.0 Å². The van der Waals surface area contributed by atoms with Crippen molar-refractivity contribution in [2.45, 2.75) is 12.5 Å². The maximum absolute atomic E-state index is 12.1. The number of hydrogen-bond donors (Lipinski definition) is 1. The Hall–Kier alpha value is -2.58. The molecule has 0 radical (unpaired) electrons. The Balaban J connectivity index is 1.71. The molecule has 2 heterocycles. The van der Waals surface area contributed by atoms with Crippen LogP contribution < -0.4 is 5.32 Å². The third-order valence-electron chi connectivity index (χ3n) is 4.22. The molecule has 118 valence electrons. The number of ether oxygens (including phenoxy) is 1. The average molecular weight is 309 g/mol. The van der Waals surface area contributed by atoms with E-state index in [-0.39, 0.29) is 11.8 Å². The summed E-state index contributed by atoms with van der Waals surface area (Å²) in [5.41, 5.74) is 2.10. The molecule has 1 amide bonds. The van der Waals surface area contributed by atoms with Crippen molar-refractivity contribution in [1.82, 2.24) is 9.88 Å². The molecule has 5 nitrogen and oxygen atoms in total. The molecule has 1 saturated heterocycles. The van der Waals surface area contributed by atoms with Crippen molar-refractivity contribution < 1.29 is 9.53 Å². The lowest BCUT2D eigenvalue weighted by Gasteiger charge is -2.15. The van der Waals surface area contributed by atoms with Gasteiger partial charge in [0.25, 0.3) is 0 Å². The molecule has 0 unspecified atom stereocenters. The highest BCUT2D eigenvalue weighted by atomic mass is 16.5. The van der Waals surface area contributed by atoms with Gasteiger partial charge in [0, 0.05) is 48.3 Å². The summed E-state index contributed by atoms with van der Waals surface area (Å²) in [7, 11) is 1.98. The topological polar surface area (TPSA) is 67.0 Å². The van der Waals surface area contributed by atoms with Gasteiger partial charge in [0.05, 0.1) is 12.7 Å². The first-order valence-corrected chi connectivity index (χ1v) is 7.69. The zero-order valence-corrected chi connectivity index (χ0v) is 13.0. The fourth-order valence-corrected chi connectivity index (χ4v) is 2.94. The van der Waals surface area contributed by atoms with Crippen LogP contribution in [0, 0.1) is 17.2 Å². The van der Waals surface area contributed by atoms with E-state index in [1.165, 1.54) is 6.08 Å². The van der Waals surface area contributed by atoms with Crippen LogP contribution in [0.2, 0.25) is 0 Å². The summed E-state index contributed by atoms with van der Waals surface area (Å²) < 4.78 is 7.31. The van der Waals surface area contributed by atoms with Gasteiger partial charge in [0.2, 0.25) is 5.91 Å². The molecule has 5 heteroatoms. The summed E-state index contributed by atoms with van der Waals surface area (Å²) in [6.45, 7) is 1.19. The molecule has 1 N–H and O–H groups in total. The second kappa shape index (κ2) is 6.67. The van der Waals surface area contributed by atoms with Gasteiger partial charge in [0.15, 0.2) is 0 Å². The number of fused-ring (bicyclic) bond motifs is 1. The predicted molar refractivity (Wildman–Crippen MR) is 88.4 cm³/mol. The zero-order valence-electron chi connectivity index (χ0n) is 13.0. The van der Waals surface area contributed by atoms with Crippen molar-refractivity contribution in [1.29, 1.82) is 5.26 Å². The number of hydrogen-bond acceptors (Lipinski definition) is 3. The first-order valence-electron chi connectivity index (χ1n) is 7.69. The molecule has 1 aromatic carbocycles. The van der Waals surface area contributed by atoms with Crippen molar-refractivity contribution in [2.24, 2.45) is 13.0 Å². The lowest BCUT2D eigenvalue weighted by atomic mass is 10.0. The van der Waals surface area contributed by atoms with Crippen LogP contribution in [-0.4, -0.2) is 29.7 Å². The molecule has 0 saturated carbocycles. The highest BCUT2D eigenvalue weighted by Crippen LogP contribution is 2.21. The SMILES string of the molecule is Cn1cc(/C=C/C(=O)N[C@H](C#N)[C@H]2CCOC2)c2ccccc21. The quantitative estimate of drug-likeness (QED) is 0.881. The van der Waals surface area contributed by atoms with Crippen LogP contribution in [0.4, 0.5) is 0 Å². The molecule has 1 aromatic heterocycles. The molecule has 0 bridgehead atoms. The summed E-state index contributed by atoms with van der Waals surface area (Å²) in [6, 6.07) is 9.70. The van der Waals surface area contributed by atoms with Crippen LogP contribution in [-0.2, 0) is 16.6 Å². The van der Waals surface area contributed by atoms with Gasteiger partial charge in [-0.1, -0.05) is 18.2 Å². The minimum Gasteiger partial charge on any atom is -0.381 e. The molecular formula is C18H19N3O2. The van der Waals surface area contributed by atoms with Crippen molar-refractivity contribution >= 4 is 22.9 Å². The maximum Gasteiger partial charge on any atom is 0.245 e. The van der Waals surface area contributed by atoms with Crippen molar-refractivity contribution in [3.8, 4) is 6.07 Å². The monoisotopic (exact) mass is 309 g/mol. The van der Waals surface area contributed by atoms with Gasteiger partial charge < -0.3 is 14.6 Å². The van der Waals surface area contributed by atoms with Gasteiger partial charge >= 0.3 is 0 Å². The van der Waals surface area contributed by atoms with Gasteiger partial charge in [-0.15, -0.1) is 0 Å². The molecule has 2 aromatic rings. The van der Waals surface area contributed by atoms with Crippen LogP contribution in [0.15, 0.2) is 36.5 Å². The minimum atomic E-state index is -0.498. The van der Waals surface area contributed by atoms with Crippen LogP contribution in [0.3, 0.4) is 0 Å². The molecule has 1 aliphatic rings. The standard InChI is InChI=1S/C18H19N3O2/c1-21-11-13(15-4-2-3-5-17(15)21)6-7-18(22)20-16(10-19)14-8-9-23-12-14/h2-7,11,14,16H,8-9,12H2,1H3,(H,20,22)/b7-6+/t14-,16+/m0/s1. The Morgan fingerprint density at radius 1 is 1.52 bits per heavy atom. The van der Waals surface area contributed by atoms with Gasteiger partial charge in [-0.2, -0.15) is 5.26 Å². The molecule has 0 aliphatic carbocycles. The number of para-hydroxylation sites is 1. The summed E-state index contributed by atoms with van der Waals surface area (Å²) in [6.07, 6.45) is 6.08. The molecule has 1 fully saturated rings. The number of nitriles is 1. The van der Waals surface area contributed by atoms with E-state index in [1.54, 1.807) is 6.08 Å². The van der Waals surface area contributed by atoms with Crippen molar-refractivity contribution in [3.05, 3.63) is 42.1 Å². The lowest BCUT2D eigenvalue weighted by molar-refractivity contribution is -0.117. The van der Waals surface area contributed by atoms with E-state index in [9.17, 15) is 10.1 Å². The van der Waals surface area contributed by atoms with Crippen LogP contribution in [0.5, 0.6) is 0 Å². The molecular weight excluding hydrogens is 290 g/mol.